The van der Waals surface area contributed by atoms with Crippen molar-refractivity contribution in [1.82, 2.24) is 4.98 Å². The van der Waals surface area contributed by atoms with Crippen molar-refractivity contribution in [2.45, 2.75) is 33.2 Å². The number of oxazole rings is 1. The van der Waals surface area contributed by atoms with E-state index < -0.39 is 0 Å². The van der Waals surface area contributed by atoms with Crippen molar-refractivity contribution in [1.29, 1.82) is 0 Å². The molecule has 0 aliphatic carbocycles. The monoisotopic (exact) mass is 168 g/mol. The fraction of sp³-hybridized carbons (Fsp3) is 0.667. The molecule has 68 valence electrons. The smallest absolute Gasteiger partial charge is 0.208 e. The van der Waals surface area contributed by atoms with Crippen LogP contribution >= 0.6 is 0 Å². The normalized spacial score (nSPS) is 13.2. The van der Waals surface area contributed by atoms with Gasteiger partial charge in [0.15, 0.2) is 0 Å². The van der Waals surface area contributed by atoms with Gasteiger partial charge in [-0.1, -0.05) is 20.3 Å². The second-order valence-corrected chi connectivity index (χ2v) is 3.14. The molecule has 1 aromatic heterocycles. The van der Waals surface area contributed by atoms with E-state index >= 15 is 0 Å². The van der Waals surface area contributed by atoms with Gasteiger partial charge in [0.2, 0.25) is 5.89 Å². The first-order valence-corrected chi connectivity index (χ1v) is 4.40. The number of rotatable bonds is 4. The Balaban J connectivity index is 2.52. The van der Waals surface area contributed by atoms with Crippen molar-refractivity contribution in [3.8, 4) is 0 Å². The second-order valence-electron chi connectivity index (χ2n) is 3.14. The molecule has 1 heterocycles. The number of hydrogen-bond donors (Lipinski definition) is 1. The molecule has 12 heavy (non-hydrogen) atoms. The maximum absolute atomic E-state index is 5.37. The fourth-order valence-electron chi connectivity index (χ4n) is 1.02. The SMILES string of the molecule is CCC(C)Cc1cnc(CN)o1. The molecule has 0 saturated carbocycles. The molecule has 0 spiro atoms. The third-order valence-electron chi connectivity index (χ3n) is 2.02. The van der Waals surface area contributed by atoms with Crippen LogP contribution in [-0.4, -0.2) is 4.98 Å². The van der Waals surface area contributed by atoms with E-state index in [2.05, 4.69) is 18.8 Å². The number of nitrogens with zero attached hydrogens (tertiary/aromatic N) is 1. The van der Waals surface area contributed by atoms with E-state index in [0.717, 1.165) is 12.2 Å². The Morgan fingerprint density at radius 1 is 1.67 bits per heavy atom. The number of hydrogen-bond acceptors (Lipinski definition) is 3. The summed E-state index contributed by atoms with van der Waals surface area (Å²) in [5, 5.41) is 0. The van der Waals surface area contributed by atoms with Crippen molar-refractivity contribution < 1.29 is 4.42 Å². The number of aromatic nitrogens is 1. The first-order valence-electron chi connectivity index (χ1n) is 4.40. The summed E-state index contributed by atoms with van der Waals surface area (Å²) in [6.07, 6.45) is 3.90. The van der Waals surface area contributed by atoms with E-state index in [-0.39, 0.29) is 0 Å². The molecule has 0 bridgehead atoms. The lowest BCUT2D eigenvalue weighted by molar-refractivity contribution is 0.420. The van der Waals surface area contributed by atoms with Crippen molar-refractivity contribution in [3.05, 3.63) is 17.8 Å². The summed E-state index contributed by atoms with van der Waals surface area (Å²) in [7, 11) is 0. The lowest BCUT2D eigenvalue weighted by atomic mass is 10.0. The zero-order valence-electron chi connectivity index (χ0n) is 7.71. The Hall–Kier alpha value is -0.830. The molecule has 0 radical (unpaired) electrons. The Labute approximate surface area is 73.0 Å². The third-order valence-corrected chi connectivity index (χ3v) is 2.02. The van der Waals surface area contributed by atoms with Crippen LogP contribution in [0.15, 0.2) is 10.6 Å². The van der Waals surface area contributed by atoms with Gasteiger partial charge in [-0.15, -0.1) is 0 Å². The van der Waals surface area contributed by atoms with Gasteiger partial charge in [0, 0.05) is 6.42 Å². The fourth-order valence-corrected chi connectivity index (χ4v) is 1.02. The summed E-state index contributed by atoms with van der Waals surface area (Å²) in [5.41, 5.74) is 5.37. The molecule has 1 rings (SSSR count). The molecular formula is C9H16N2O. The second kappa shape index (κ2) is 4.26. The lowest BCUT2D eigenvalue weighted by Gasteiger charge is -2.03. The van der Waals surface area contributed by atoms with Gasteiger partial charge in [-0.2, -0.15) is 0 Å². The molecule has 3 heteroatoms. The maximum atomic E-state index is 5.37. The molecule has 0 fully saturated rings. The van der Waals surface area contributed by atoms with E-state index in [9.17, 15) is 0 Å². The summed E-state index contributed by atoms with van der Waals surface area (Å²) in [6.45, 7) is 4.76. The van der Waals surface area contributed by atoms with Gasteiger partial charge >= 0.3 is 0 Å². The van der Waals surface area contributed by atoms with Crippen LogP contribution in [0.5, 0.6) is 0 Å². The van der Waals surface area contributed by atoms with Gasteiger partial charge in [0.1, 0.15) is 5.76 Å². The highest BCUT2D eigenvalue weighted by Gasteiger charge is 2.05. The van der Waals surface area contributed by atoms with E-state index in [0.29, 0.717) is 18.4 Å². The maximum Gasteiger partial charge on any atom is 0.208 e. The largest absolute Gasteiger partial charge is 0.444 e. The molecule has 0 aliphatic rings. The molecule has 1 atom stereocenters. The minimum atomic E-state index is 0.389. The lowest BCUT2D eigenvalue weighted by Crippen LogP contribution is -1.97. The van der Waals surface area contributed by atoms with Gasteiger partial charge in [-0.25, -0.2) is 4.98 Å². The van der Waals surface area contributed by atoms with Crippen LogP contribution in [0.3, 0.4) is 0 Å². The quantitative estimate of drug-likeness (QED) is 0.744. The summed E-state index contributed by atoms with van der Waals surface area (Å²) in [4.78, 5) is 4.03. The molecule has 1 unspecified atom stereocenters. The first kappa shape index (κ1) is 9.26. The van der Waals surface area contributed by atoms with Crippen molar-refractivity contribution in [2.75, 3.05) is 0 Å². The standard InChI is InChI=1S/C9H16N2O/c1-3-7(2)4-8-6-11-9(5-10)12-8/h6-7H,3-5,10H2,1-2H3. The van der Waals surface area contributed by atoms with Crippen LogP contribution in [0, 0.1) is 5.92 Å². The molecule has 0 saturated heterocycles. The van der Waals surface area contributed by atoms with E-state index in [1.165, 1.54) is 6.42 Å². The molecule has 0 aromatic carbocycles. The van der Waals surface area contributed by atoms with Crippen LogP contribution in [0.4, 0.5) is 0 Å². The molecule has 0 aliphatic heterocycles. The van der Waals surface area contributed by atoms with Crippen molar-refractivity contribution in [2.24, 2.45) is 11.7 Å². The highest BCUT2D eigenvalue weighted by atomic mass is 16.4. The van der Waals surface area contributed by atoms with Crippen LogP contribution < -0.4 is 5.73 Å². The van der Waals surface area contributed by atoms with Gasteiger partial charge in [-0.05, 0) is 5.92 Å². The van der Waals surface area contributed by atoms with Crippen LogP contribution in [0.2, 0.25) is 0 Å². The number of nitrogens with two attached hydrogens (primary N) is 1. The van der Waals surface area contributed by atoms with Gasteiger partial charge in [0.05, 0.1) is 12.7 Å². The topological polar surface area (TPSA) is 52.0 Å². The highest BCUT2D eigenvalue weighted by molar-refractivity contribution is 4.94. The van der Waals surface area contributed by atoms with E-state index in [1.807, 2.05) is 0 Å². The molecule has 2 N–H and O–H groups in total. The summed E-state index contributed by atoms with van der Waals surface area (Å²) < 4.78 is 5.37. The summed E-state index contributed by atoms with van der Waals surface area (Å²) in [5.74, 6) is 2.24. The van der Waals surface area contributed by atoms with Gasteiger partial charge in [0.25, 0.3) is 0 Å². The first-order chi connectivity index (χ1) is 5.76. The Kier molecular flexibility index (Phi) is 3.29. The van der Waals surface area contributed by atoms with Crippen LogP contribution in [-0.2, 0) is 13.0 Å². The summed E-state index contributed by atoms with van der Waals surface area (Å²) in [6, 6.07) is 0. The summed E-state index contributed by atoms with van der Waals surface area (Å²) >= 11 is 0. The molecular weight excluding hydrogens is 152 g/mol. The zero-order chi connectivity index (χ0) is 8.97. The van der Waals surface area contributed by atoms with Crippen molar-refractivity contribution >= 4 is 0 Å². The van der Waals surface area contributed by atoms with Gasteiger partial charge in [-0.3, -0.25) is 0 Å². The molecule has 0 amide bonds. The molecule has 1 aromatic rings. The minimum absolute atomic E-state index is 0.389. The van der Waals surface area contributed by atoms with Gasteiger partial charge < -0.3 is 10.2 Å². The Bertz CT molecular complexity index is 232. The van der Waals surface area contributed by atoms with E-state index in [1.54, 1.807) is 6.20 Å². The molecule has 3 nitrogen and oxygen atoms in total. The average Bonchev–Trinajstić information content (AvgIpc) is 2.52. The average molecular weight is 168 g/mol. The van der Waals surface area contributed by atoms with Crippen LogP contribution in [0.1, 0.15) is 31.9 Å². The predicted molar refractivity (Wildman–Crippen MR) is 47.6 cm³/mol. The Morgan fingerprint density at radius 2 is 2.42 bits per heavy atom. The van der Waals surface area contributed by atoms with Crippen molar-refractivity contribution in [3.63, 3.8) is 0 Å². The third kappa shape index (κ3) is 2.34. The Morgan fingerprint density at radius 3 is 2.92 bits per heavy atom. The van der Waals surface area contributed by atoms with Crippen LogP contribution in [0.25, 0.3) is 0 Å². The zero-order valence-corrected chi connectivity index (χ0v) is 7.71. The minimum Gasteiger partial charge on any atom is -0.444 e. The van der Waals surface area contributed by atoms with E-state index in [4.69, 9.17) is 10.2 Å². The predicted octanol–water partition coefficient (Wildman–Crippen LogP) is 1.72. The highest BCUT2D eigenvalue weighted by Crippen LogP contribution is 2.12.